The van der Waals surface area contributed by atoms with Gasteiger partial charge in [-0.05, 0) is 32.1 Å². The summed E-state index contributed by atoms with van der Waals surface area (Å²) < 4.78 is 0. The molecule has 0 unspecified atom stereocenters. The number of nitrogens with one attached hydrogen (secondary N) is 2. The fraction of sp³-hybridized carbons (Fsp3) is 0.800. The fourth-order valence-corrected chi connectivity index (χ4v) is 4.08. The molecule has 2 N–H and O–H groups in total. The Morgan fingerprint density at radius 3 is 2.24 bits per heavy atom. The van der Waals surface area contributed by atoms with Crippen LogP contribution in [0.4, 0.5) is 4.79 Å². The smallest absolute Gasteiger partial charge is 0.322 e. The Hall–Kier alpha value is -1.59. The Morgan fingerprint density at radius 1 is 1.14 bits per heavy atom. The van der Waals surface area contributed by atoms with Crippen molar-refractivity contribution in [2.75, 3.05) is 13.1 Å². The number of urea groups is 1. The van der Waals surface area contributed by atoms with Crippen LogP contribution >= 0.6 is 0 Å². The predicted octanol–water partition coefficient (Wildman–Crippen LogP) is 1.16. The zero-order chi connectivity index (χ0) is 15.1. The molecule has 0 bridgehead atoms. The minimum atomic E-state index is -0.789. The summed E-state index contributed by atoms with van der Waals surface area (Å²) in [7, 11) is 0. The standard InChI is InChI=1S/C15H23N3O3/c1-2-14(5-3-4-6-14)12(20)18-9-7-15(8-10-18)11(19)16-13(21)17-15/h2-10H2,1H3,(H2,16,17,19,21). The first-order chi connectivity index (χ1) is 10.0. The molecule has 21 heavy (non-hydrogen) atoms. The van der Waals surface area contributed by atoms with Gasteiger partial charge < -0.3 is 10.2 Å². The summed E-state index contributed by atoms with van der Waals surface area (Å²) in [6, 6.07) is -0.416. The Balaban J connectivity index is 1.67. The van der Waals surface area contributed by atoms with Crippen molar-refractivity contribution in [1.82, 2.24) is 15.5 Å². The molecule has 2 saturated heterocycles. The molecule has 0 aromatic carbocycles. The highest BCUT2D eigenvalue weighted by Crippen LogP contribution is 2.43. The van der Waals surface area contributed by atoms with Gasteiger partial charge in [0.25, 0.3) is 5.91 Å². The zero-order valence-electron chi connectivity index (χ0n) is 12.5. The molecule has 0 aromatic rings. The van der Waals surface area contributed by atoms with E-state index < -0.39 is 11.6 Å². The van der Waals surface area contributed by atoms with E-state index in [2.05, 4.69) is 17.6 Å². The second-order valence-corrected chi connectivity index (χ2v) is 6.62. The van der Waals surface area contributed by atoms with Crippen LogP contribution in [0.25, 0.3) is 0 Å². The molecule has 1 saturated carbocycles. The summed E-state index contributed by atoms with van der Waals surface area (Å²) in [6.45, 7) is 3.20. The van der Waals surface area contributed by atoms with Crippen LogP contribution in [0.3, 0.4) is 0 Å². The number of hydrogen-bond acceptors (Lipinski definition) is 3. The fourth-order valence-electron chi connectivity index (χ4n) is 4.08. The lowest BCUT2D eigenvalue weighted by molar-refractivity contribution is -0.145. The molecule has 3 aliphatic rings. The van der Waals surface area contributed by atoms with Gasteiger partial charge in [0.1, 0.15) is 5.54 Å². The lowest BCUT2D eigenvalue weighted by Gasteiger charge is -2.41. The van der Waals surface area contributed by atoms with Gasteiger partial charge in [0.15, 0.2) is 0 Å². The molecule has 6 nitrogen and oxygen atoms in total. The van der Waals surface area contributed by atoms with Gasteiger partial charge >= 0.3 is 6.03 Å². The van der Waals surface area contributed by atoms with E-state index in [1.54, 1.807) is 0 Å². The minimum absolute atomic E-state index is 0.175. The van der Waals surface area contributed by atoms with Crippen LogP contribution in [0.5, 0.6) is 0 Å². The number of carbonyl (C=O) groups is 3. The predicted molar refractivity (Wildman–Crippen MR) is 76.4 cm³/mol. The largest absolute Gasteiger partial charge is 0.342 e. The van der Waals surface area contributed by atoms with Crippen molar-refractivity contribution in [3.05, 3.63) is 0 Å². The monoisotopic (exact) mass is 293 g/mol. The maximum atomic E-state index is 12.8. The van der Waals surface area contributed by atoms with E-state index in [0.717, 1.165) is 32.1 Å². The highest BCUT2D eigenvalue weighted by atomic mass is 16.2. The van der Waals surface area contributed by atoms with Crippen molar-refractivity contribution in [2.24, 2.45) is 5.41 Å². The van der Waals surface area contributed by atoms with Gasteiger partial charge in [0.05, 0.1) is 0 Å². The topological polar surface area (TPSA) is 78.5 Å². The Morgan fingerprint density at radius 2 is 1.76 bits per heavy atom. The van der Waals surface area contributed by atoms with Gasteiger partial charge in [0, 0.05) is 18.5 Å². The third-order valence-electron chi connectivity index (χ3n) is 5.61. The number of amides is 4. The summed E-state index contributed by atoms with van der Waals surface area (Å²) in [5, 5.41) is 5.04. The summed E-state index contributed by atoms with van der Waals surface area (Å²) in [4.78, 5) is 38.0. The first-order valence-electron chi connectivity index (χ1n) is 7.94. The molecule has 116 valence electrons. The van der Waals surface area contributed by atoms with Gasteiger partial charge in [-0.3, -0.25) is 14.9 Å². The molecule has 3 fully saturated rings. The summed E-state index contributed by atoms with van der Waals surface area (Å²) in [5.74, 6) is 0.00718. The summed E-state index contributed by atoms with van der Waals surface area (Å²) >= 11 is 0. The van der Waals surface area contributed by atoms with Crippen LogP contribution in [0.15, 0.2) is 0 Å². The van der Waals surface area contributed by atoms with Crippen molar-refractivity contribution < 1.29 is 14.4 Å². The first kappa shape index (κ1) is 14.4. The van der Waals surface area contributed by atoms with Crippen molar-refractivity contribution in [1.29, 1.82) is 0 Å². The SMILES string of the molecule is CCC1(C(=O)N2CCC3(CC2)NC(=O)NC3=O)CCCC1. The average Bonchev–Trinajstić information content (AvgIpc) is 3.06. The molecule has 0 atom stereocenters. The van der Waals surface area contributed by atoms with Crippen LogP contribution in [0.1, 0.15) is 51.9 Å². The third-order valence-corrected chi connectivity index (χ3v) is 5.61. The van der Waals surface area contributed by atoms with Crippen LogP contribution in [-0.4, -0.2) is 41.4 Å². The Kier molecular flexibility index (Phi) is 3.42. The van der Waals surface area contributed by atoms with Crippen molar-refractivity contribution in [3.8, 4) is 0 Å². The average molecular weight is 293 g/mol. The van der Waals surface area contributed by atoms with Gasteiger partial charge in [-0.1, -0.05) is 19.8 Å². The Labute approximate surface area is 124 Å². The van der Waals surface area contributed by atoms with E-state index in [9.17, 15) is 14.4 Å². The van der Waals surface area contributed by atoms with E-state index in [1.807, 2.05) is 4.90 Å². The number of piperidine rings is 1. The van der Waals surface area contributed by atoms with Crippen LogP contribution < -0.4 is 10.6 Å². The van der Waals surface area contributed by atoms with Gasteiger partial charge in [-0.2, -0.15) is 0 Å². The van der Waals surface area contributed by atoms with Crippen molar-refractivity contribution >= 4 is 17.8 Å². The Bertz CT molecular complexity index is 475. The lowest BCUT2D eigenvalue weighted by atomic mass is 9.80. The van der Waals surface area contributed by atoms with E-state index in [0.29, 0.717) is 25.9 Å². The van der Waals surface area contributed by atoms with Gasteiger partial charge in [-0.15, -0.1) is 0 Å². The second-order valence-electron chi connectivity index (χ2n) is 6.62. The van der Waals surface area contributed by atoms with E-state index >= 15 is 0 Å². The molecular weight excluding hydrogens is 270 g/mol. The number of likely N-dealkylation sites (tertiary alicyclic amines) is 1. The number of imide groups is 1. The molecule has 1 aliphatic carbocycles. The minimum Gasteiger partial charge on any atom is -0.342 e. The van der Waals surface area contributed by atoms with Crippen molar-refractivity contribution in [2.45, 2.75) is 57.4 Å². The normalized spacial score (nSPS) is 26.8. The third kappa shape index (κ3) is 2.21. The molecule has 6 heteroatoms. The van der Waals surface area contributed by atoms with Gasteiger partial charge in [0.2, 0.25) is 5.91 Å². The second kappa shape index (κ2) is 5.00. The van der Waals surface area contributed by atoms with Crippen molar-refractivity contribution in [3.63, 3.8) is 0 Å². The quantitative estimate of drug-likeness (QED) is 0.750. The number of carbonyl (C=O) groups excluding carboxylic acids is 3. The zero-order valence-corrected chi connectivity index (χ0v) is 12.5. The summed E-state index contributed by atoms with van der Waals surface area (Å²) in [6.07, 6.45) is 6.16. The number of nitrogens with zero attached hydrogens (tertiary/aromatic N) is 1. The summed E-state index contributed by atoms with van der Waals surface area (Å²) in [5.41, 5.74) is -0.964. The van der Waals surface area contributed by atoms with Crippen LogP contribution in [0.2, 0.25) is 0 Å². The molecule has 0 radical (unpaired) electrons. The first-order valence-corrected chi connectivity index (χ1v) is 7.94. The highest BCUT2D eigenvalue weighted by molar-refractivity contribution is 6.07. The molecular formula is C15H23N3O3. The van der Waals surface area contributed by atoms with Crippen LogP contribution in [-0.2, 0) is 9.59 Å². The molecule has 3 rings (SSSR count). The maximum Gasteiger partial charge on any atom is 0.322 e. The van der Waals surface area contributed by atoms with E-state index in [-0.39, 0.29) is 17.2 Å². The van der Waals surface area contributed by atoms with E-state index in [1.165, 1.54) is 0 Å². The lowest BCUT2D eigenvalue weighted by Crippen LogP contribution is -2.57. The number of rotatable bonds is 2. The van der Waals surface area contributed by atoms with E-state index in [4.69, 9.17) is 0 Å². The highest BCUT2D eigenvalue weighted by Gasteiger charge is 2.50. The van der Waals surface area contributed by atoms with Gasteiger partial charge in [-0.25, -0.2) is 4.79 Å². The molecule has 2 aliphatic heterocycles. The molecule has 1 spiro atoms. The maximum absolute atomic E-state index is 12.8. The van der Waals surface area contributed by atoms with Crippen LogP contribution in [0, 0.1) is 5.41 Å². The molecule has 2 heterocycles. The number of hydrogen-bond donors (Lipinski definition) is 2. The molecule has 0 aromatic heterocycles. The molecule has 4 amide bonds.